The molecule has 0 aromatic carbocycles. The van der Waals surface area contributed by atoms with Gasteiger partial charge in [0.1, 0.15) is 0 Å². The van der Waals surface area contributed by atoms with Crippen LogP contribution in [0.3, 0.4) is 0 Å². The molecule has 20 heavy (non-hydrogen) atoms. The van der Waals surface area contributed by atoms with Crippen LogP contribution in [0.5, 0.6) is 0 Å². The molecule has 0 saturated heterocycles. The van der Waals surface area contributed by atoms with Gasteiger partial charge in [-0.15, -0.1) is 0 Å². The van der Waals surface area contributed by atoms with Crippen LogP contribution in [-0.2, 0) is 4.79 Å². The number of unbranched alkanes of at least 4 members (excludes halogenated alkanes) is 2. The zero-order valence-electron chi connectivity index (χ0n) is 13.8. The smallest absolute Gasteiger partial charge is 0.220 e. The fourth-order valence-corrected chi connectivity index (χ4v) is 2.87. The predicted molar refractivity (Wildman–Crippen MR) is 91.1 cm³/mol. The van der Waals surface area contributed by atoms with Gasteiger partial charge in [0.2, 0.25) is 5.91 Å². The molecule has 0 aliphatic carbocycles. The van der Waals surface area contributed by atoms with E-state index < -0.39 is 0 Å². The number of carbonyl (C=O) groups is 1. The molecule has 0 aliphatic heterocycles. The summed E-state index contributed by atoms with van der Waals surface area (Å²) in [5.41, 5.74) is 5.90. The molecule has 0 aliphatic rings. The largest absolute Gasteiger partial charge is 0.356 e. The number of nitrogens with one attached hydrogen (secondary N) is 1. The molecule has 0 radical (unpaired) electrons. The van der Waals surface area contributed by atoms with Crippen molar-refractivity contribution in [3.8, 4) is 0 Å². The quantitative estimate of drug-likeness (QED) is 0.575. The van der Waals surface area contributed by atoms with E-state index in [0.717, 1.165) is 25.8 Å². The van der Waals surface area contributed by atoms with Crippen molar-refractivity contribution in [1.82, 2.24) is 5.32 Å². The molecule has 3 N–H and O–H groups in total. The Labute approximate surface area is 129 Å². The lowest BCUT2D eigenvalue weighted by Crippen LogP contribution is -2.28. The first-order chi connectivity index (χ1) is 9.41. The summed E-state index contributed by atoms with van der Waals surface area (Å²) in [6.45, 7) is 8.23. The summed E-state index contributed by atoms with van der Waals surface area (Å²) in [5, 5.41) is 3.03. The second kappa shape index (κ2) is 11.4. The van der Waals surface area contributed by atoms with E-state index in [1.165, 1.54) is 18.6 Å². The highest BCUT2D eigenvalue weighted by molar-refractivity contribution is 7.98. The van der Waals surface area contributed by atoms with Crippen molar-refractivity contribution >= 4 is 17.7 Å². The van der Waals surface area contributed by atoms with Crippen molar-refractivity contribution < 1.29 is 4.79 Å². The topological polar surface area (TPSA) is 55.1 Å². The Kier molecular flexibility index (Phi) is 11.3. The number of hydrogen-bond donors (Lipinski definition) is 2. The Balaban J connectivity index is 3.74. The van der Waals surface area contributed by atoms with Gasteiger partial charge in [-0.2, -0.15) is 11.8 Å². The predicted octanol–water partition coefficient (Wildman–Crippen LogP) is 3.43. The highest BCUT2D eigenvalue weighted by Gasteiger charge is 2.24. The zero-order valence-corrected chi connectivity index (χ0v) is 14.7. The first-order valence-electron chi connectivity index (χ1n) is 7.87. The molecule has 0 spiro atoms. The van der Waals surface area contributed by atoms with Crippen LogP contribution in [0.2, 0.25) is 0 Å². The monoisotopic (exact) mass is 302 g/mol. The van der Waals surface area contributed by atoms with Gasteiger partial charge in [-0.25, -0.2) is 0 Å². The Hall–Kier alpha value is -0.220. The van der Waals surface area contributed by atoms with Crippen molar-refractivity contribution in [2.75, 3.05) is 25.1 Å². The number of carbonyl (C=O) groups excluding carboxylic acids is 1. The van der Waals surface area contributed by atoms with E-state index in [0.29, 0.717) is 18.9 Å². The first kappa shape index (κ1) is 19.8. The van der Waals surface area contributed by atoms with Crippen molar-refractivity contribution in [1.29, 1.82) is 0 Å². The van der Waals surface area contributed by atoms with Crippen LogP contribution in [0.25, 0.3) is 0 Å². The van der Waals surface area contributed by atoms with Gasteiger partial charge in [0.25, 0.3) is 0 Å². The number of amides is 1. The summed E-state index contributed by atoms with van der Waals surface area (Å²) in [6.07, 6.45) is 8.27. The Morgan fingerprint density at radius 3 is 2.45 bits per heavy atom. The SMILES string of the molecule is CSCCCCCNC(=O)CCC(CCN)C(C)(C)C. The van der Waals surface area contributed by atoms with Crippen LogP contribution in [0, 0.1) is 11.3 Å². The van der Waals surface area contributed by atoms with Gasteiger partial charge in [0.05, 0.1) is 0 Å². The van der Waals surface area contributed by atoms with Crippen molar-refractivity contribution in [2.24, 2.45) is 17.1 Å². The maximum Gasteiger partial charge on any atom is 0.220 e. The van der Waals surface area contributed by atoms with Crippen LogP contribution in [0.4, 0.5) is 0 Å². The molecule has 0 saturated carbocycles. The van der Waals surface area contributed by atoms with Crippen molar-refractivity contribution in [3.63, 3.8) is 0 Å². The third-order valence-electron chi connectivity index (χ3n) is 3.81. The summed E-state index contributed by atoms with van der Waals surface area (Å²) in [4.78, 5) is 11.8. The van der Waals surface area contributed by atoms with E-state index in [1.54, 1.807) is 0 Å². The molecule has 1 atom stereocenters. The molecule has 0 rings (SSSR count). The van der Waals surface area contributed by atoms with Gasteiger partial charge in [0.15, 0.2) is 0 Å². The summed E-state index contributed by atoms with van der Waals surface area (Å²) in [6, 6.07) is 0. The Morgan fingerprint density at radius 1 is 1.20 bits per heavy atom. The minimum absolute atomic E-state index is 0.195. The van der Waals surface area contributed by atoms with Gasteiger partial charge < -0.3 is 11.1 Å². The molecule has 4 heteroatoms. The molecule has 1 unspecified atom stereocenters. The average molecular weight is 303 g/mol. The molecule has 0 bridgehead atoms. The second-order valence-corrected chi connectivity index (χ2v) is 7.57. The van der Waals surface area contributed by atoms with Crippen LogP contribution >= 0.6 is 11.8 Å². The van der Waals surface area contributed by atoms with E-state index >= 15 is 0 Å². The molecule has 3 nitrogen and oxygen atoms in total. The van der Waals surface area contributed by atoms with Crippen LogP contribution < -0.4 is 11.1 Å². The van der Waals surface area contributed by atoms with Gasteiger partial charge >= 0.3 is 0 Å². The van der Waals surface area contributed by atoms with E-state index in [4.69, 9.17) is 5.73 Å². The van der Waals surface area contributed by atoms with Crippen LogP contribution in [0.15, 0.2) is 0 Å². The number of rotatable bonds is 11. The van der Waals surface area contributed by atoms with Gasteiger partial charge in [-0.1, -0.05) is 27.2 Å². The third kappa shape index (κ3) is 10.6. The number of thioether (sulfide) groups is 1. The lowest BCUT2D eigenvalue weighted by molar-refractivity contribution is -0.121. The molecule has 0 fully saturated rings. The molecule has 0 aromatic rings. The standard InChI is InChI=1S/C16H34N2OS/c1-16(2,3)14(10-11-17)8-9-15(19)18-12-6-5-7-13-20-4/h14H,5-13,17H2,1-4H3,(H,18,19). The molecule has 120 valence electrons. The van der Waals surface area contributed by atoms with E-state index in [2.05, 4.69) is 32.3 Å². The van der Waals surface area contributed by atoms with Gasteiger partial charge in [-0.05, 0) is 55.6 Å². The van der Waals surface area contributed by atoms with E-state index in [9.17, 15) is 4.79 Å². The number of nitrogens with two attached hydrogens (primary N) is 1. The molecule has 0 heterocycles. The normalized spacial score (nSPS) is 13.2. The number of hydrogen-bond acceptors (Lipinski definition) is 3. The summed E-state index contributed by atoms with van der Waals surface area (Å²) >= 11 is 1.89. The summed E-state index contributed by atoms with van der Waals surface area (Å²) in [5.74, 6) is 1.95. The van der Waals surface area contributed by atoms with Crippen molar-refractivity contribution in [2.45, 2.75) is 59.3 Å². The molecular weight excluding hydrogens is 268 g/mol. The minimum atomic E-state index is 0.195. The van der Waals surface area contributed by atoms with Crippen LogP contribution in [-0.4, -0.2) is 31.0 Å². The third-order valence-corrected chi connectivity index (χ3v) is 4.50. The fraction of sp³-hybridized carbons (Fsp3) is 0.938. The van der Waals surface area contributed by atoms with E-state index in [1.807, 2.05) is 11.8 Å². The minimum Gasteiger partial charge on any atom is -0.356 e. The van der Waals surface area contributed by atoms with Gasteiger partial charge in [0, 0.05) is 13.0 Å². The average Bonchev–Trinajstić information content (AvgIpc) is 2.37. The Bertz CT molecular complexity index is 251. The molecular formula is C16H34N2OS. The van der Waals surface area contributed by atoms with E-state index in [-0.39, 0.29) is 11.3 Å². The molecule has 1 amide bonds. The Morgan fingerprint density at radius 2 is 1.90 bits per heavy atom. The second-order valence-electron chi connectivity index (χ2n) is 6.58. The summed E-state index contributed by atoms with van der Waals surface area (Å²) < 4.78 is 0. The molecule has 0 aromatic heterocycles. The lowest BCUT2D eigenvalue weighted by Gasteiger charge is -2.30. The maximum atomic E-state index is 11.8. The zero-order chi connectivity index (χ0) is 15.4. The van der Waals surface area contributed by atoms with Crippen LogP contribution in [0.1, 0.15) is 59.3 Å². The lowest BCUT2D eigenvalue weighted by atomic mass is 9.76. The highest BCUT2D eigenvalue weighted by Crippen LogP contribution is 2.31. The van der Waals surface area contributed by atoms with Crippen molar-refractivity contribution in [3.05, 3.63) is 0 Å². The van der Waals surface area contributed by atoms with Gasteiger partial charge in [-0.3, -0.25) is 4.79 Å². The fourth-order valence-electron chi connectivity index (χ4n) is 2.38. The highest BCUT2D eigenvalue weighted by atomic mass is 32.2. The first-order valence-corrected chi connectivity index (χ1v) is 9.27. The summed E-state index contributed by atoms with van der Waals surface area (Å²) in [7, 11) is 0. The maximum absolute atomic E-state index is 11.8.